The molecule has 2 nitrogen and oxygen atoms in total. The van der Waals surface area contributed by atoms with Crippen LogP contribution >= 0.6 is 0 Å². The lowest BCUT2D eigenvalue weighted by Gasteiger charge is -2.23. The third kappa shape index (κ3) is 1.42. The zero-order valence-electron chi connectivity index (χ0n) is 9.77. The first-order chi connectivity index (χ1) is 7.74. The second-order valence-electron chi connectivity index (χ2n) is 4.64. The number of benzene rings is 1. The molecule has 0 N–H and O–H groups in total. The van der Waals surface area contributed by atoms with Crippen LogP contribution in [0.15, 0.2) is 18.3 Å². The van der Waals surface area contributed by atoms with E-state index in [1.165, 1.54) is 21.6 Å². The van der Waals surface area contributed by atoms with E-state index in [1.807, 2.05) is 0 Å². The molecule has 0 aliphatic carbocycles. The highest BCUT2D eigenvalue weighted by atomic mass is 15.1. The van der Waals surface area contributed by atoms with Crippen molar-refractivity contribution in [2.75, 3.05) is 20.6 Å². The van der Waals surface area contributed by atoms with Crippen molar-refractivity contribution in [2.45, 2.75) is 6.54 Å². The molecule has 1 aromatic rings. The van der Waals surface area contributed by atoms with Crippen LogP contribution in [0.2, 0.25) is 0 Å². The van der Waals surface area contributed by atoms with Crippen molar-refractivity contribution >= 4 is 18.4 Å². The molecule has 2 aliphatic rings. The number of rotatable bonds is 0. The van der Waals surface area contributed by atoms with E-state index in [0.717, 1.165) is 13.1 Å². The van der Waals surface area contributed by atoms with E-state index in [2.05, 4.69) is 60.6 Å². The summed E-state index contributed by atoms with van der Waals surface area (Å²) in [5, 5.41) is 2.74. The second-order valence-corrected chi connectivity index (χ2v) is 4.64. The molecule has 0 atom stereocenters. The van der Waals surface area contributed by atoms with Crippen LogP contribution in [0.1, 0.15) is 11.1 Å². The van der Waals surface area contributed by atoms with Gasteiger partial charge >= 0.3 is 0 Å². The topological polar surface area (TPSA) is 6.48 Å². The molecule has 0 aromatic heterocycles. The SMILES string of the molecule is CN1C=c2ccc3c(c2=CC1)C=CN(C)C3. The van der Waals surface area contributed by atoms with Crippen LogP contribution in [0.3, 0.4) is 0 Å². The maximum Gasteiger partial charge on any atom is 0.0426 e. The minimum absolute atomic E-state index is 1.01. The van der Waals surface area contributed by atoms with Crippen molar-refractivity contribution in [3.05, 3.63) is 39.9 Å². The molecular formula is C14H16N2. The highest BCUT2D eigenvalue weighted by Crippen LogP contribution is 2.14. The molecule has 0 amide bonds. The van der Waals surface area contributed by atoms with Gasteiger partial charge in [0.05, 0.1) is 0 Å². The summed E-state index contributed by atoms with van der Waals surface area (Å²) in [6.07, 6.45) is 8.94. The zero-order valence-corrected chi connectivity index (χ0v) is 9.77. The zero-order chi connectivity index (χ0) is 11.1. The summed E-state index contributed by atoms with van der Waals surface area (Å²) in [5.74, 6) is 0. The van der Waals surface area contributed by atoms with Gasteiger partial charge in [0.25, 0.3) is 0 Å². The third-order valence-electron chi connectivity index (χ3n) is 3.27. The van der Waals surface area contributed by atoms with Crippen LogP contribution in [-0.2, 0) is 6.54 Å². The van der Waals surface area contributed by atoms with Crippen LogP contribution in [0.25, 0.3) is 18.4 Å². The van der Waals surface area contributed by atoms with Crippen molar-refractivity contribution in [3.8, 4) is 0 Å². The average Bonchev–Trinajstić information content (AvgIpc) is 2.28. The Morgan fingerprint density at radius 1 is 1.12 bits per heavy atom. The molecule has 0 bridgehead atoms. The molecule has 2 heteroatoms. The summed E-state index contributed by atoms with van der Waals surface area (Å²) in [7, 11) is 4.23. The van der Waals surface area contributed by atoms with Crippen molar-refractivity contribution in [1.82, 2.24) is 9.80 Å². The van der Waals surface area contributed by atoms with Crippen LogP contribution in [-0.4, -0.2) is 30.4 Å². The van der Waals surface area contributed by atoms with Crippen LogP contribution in [0, 0.1) is 0 Å². The molecule has 16 heavy (non-hydrogen) atoms. The van der Waals surface area contributed by atoms with Gasteiger partial charge in [-0.05, 0) is 33.8 Å². The molecule has 82 valence electrons. The predicted octanol–water partition coefficient (Wildman–Crippen LogP) is 0.567. The molecule has 0 unspecified atom stereocenters. The van der Waals surface area contributed by atoms with Crippen LogP contribution < -0.4 is 10.4 Å². The van der Waals surface area contributed by atoms with E-state index < -0.39 is 0 Å². The van der Waals surface area contributed by atoms with E-state index in [1.54, 1.807) is 0 Å². The van der Waals surface area contributed by atoms with Gasteiger partial charge in [0.2, 0.25) is 0 Å². The van der Waals surface area contributed by atoms with Crippen molar-refractivity contribution < 1.29 is 0 Å². The molecule has 0 spiro atoms. The lowest BCUT2D eigenvalue weighted by atomic mass is 9.99. The van der Waals surface area contributed by atoms with Gasteiger partial charge < -0.3 is 9.80 Å². The minimum atomic E-state index is 1.01. The Morgan fingerprint density at radius 2 is 2.00 bits per heavy atom. The smallest absolute Gasteiger partial charge is 0.0426 e. The van der Waals surface area contributed by atoms with Gasteiger partial charge in [-0.2, -0.15) is 0 Å². The lowest BCUT2D eigenvalue weighted by molar-refractivity contribution is 0.447. The normalized spacial score (nSPS) is 17.4. The fourth-order valence-corrected chi connectivity index (χ4v) is 2.42. The van der Waals surface area contributed by atoms with Gasteiger partial charge in [0, 0.05) is 33.4 Å². The summed E-state index contributed by atoms with van der Waals surface area (Å²) in [5.41, 5.74) is 2.83. The maximum absolute atomic E-state index is 2.32. The largest absolute Gasteiger partial charge is 0.376 e. The predicted molar refractivity (Wildman–Crippen MR) is 67.8 cm³/mol. The average molecular weight is 212 g/mol. The van der Waals surface area contributed by atoms with Crippen LogP contribution in [0.5, 0.6) is 0 Å². The molecule has 0 saturated carbocycles. The number of hydrogen-bond acceptors (Lipinski definition) is 2. The summed E-state index contributed by atoms with van der Waals surface area (Å²) < 4.78 is 0. The second kappa shape index (κ2) is 3.41. The van der Waals surface area contributed by atoms with E-state index in [0.29, 0.717) is 0 Å². The van der Waals surface area contributed by atoms with E-state index in [9.17, 15) is 0 Å². The standard InChI is InChI=1S/C14H16N2/c1-15-7-5-13-11(9-15)3-4-12-10-16(2)8-6-14(12)13/h3-7,10H,8-9H2,1-2H3. The third-order valence-corrected chi connectivity index (χ3v) is 3.27. The molecule has 3 rings (SSSR count). The maximum atomic E-state index is 2.32. The summed E-state index contributed by atoms with van der Waals surface area (Å²) >= 11 is 0. The lowest BCUT2D eigenvalue weighted by Crippen LogP contribution is -2.37. The fourth-order valence-electron chi connectivity index (χ4n) is 2.42. The van der Waals surface area contributed by atoms with E-state index in [-0.39, 0.29) is 0 Å². The number of fused-ring (bicyclic) bond motifs is 3. The molecule has 0 radical (unpaired) electrons. The Hall–Kier alpha value is -1.70. The highest BCUT2D eigenvalue weighted by molar-refractivity contribution is 5.60. The quantitative estimate of drug-likeness (QED) is 0.620. The first kappa shape index (κ1) is 9.52. The monoisotopic (exact) mass is 212 g/mol. The molecule has 0 fully saturated rings. The number of nitrogens with zero attached hydrogens (tertiary/aromatic N) is 2. The van der Waals surface area contributed by atoms with Gasteiger partial charge in [0.1, 0.15) is 0 Å². The van der Waals surface area contributed by atoms with Gasteiger partial charge in [0.15, 0.2) is 0 Å². The first-order valence-electron chi connectivity index (χ1n) is 5.67. The molecule has 0 saturated heterocycles. The Morgan fingerprint density at radius 3 is 2.88 bits per heavy atom. The molecular weight excluding hydrogens is 196 g/mol. The van der Waals surface area contributed by atoms with Gasteiger partial charge in [-0.1, -0.05) is 18.2 Å². The first-order valence-corrected chi connectivity index (χ1v) is 5.67. The minimum Gasteiger partial charge on any atom is -0.376 e. The fraction of sp³-hybridized carbons (Fsp3) is 0.286. The Bertz CT molecular complexity index is 569. The summed E-state index contributed by atoms with van der Waals surface area (Å²) in [6, 6.07) is 4.48. The molecule has 1 aromatic carbocycles. The Balaban J connectivity index is 2.28. The summed E-state index contributed by atoms with van der Waals surface area (Å²) in [6.45, 7) is 2.02. The van der Waals surface area contributed by atoms with Crippen LogP contribution in [0.4, 0.5) is 0 Å². The van der Waals surface area contributed by atoms with Crippen molar-refractivity contribution in [3.63, 3.8) is 0 Å². The Kier molecular flexibility index (Phi) is 2.03. The molecule has 2 aliphatic heterocycles. The number of hydrogen-bond donors (Lipinski definition) is 0. The van der Waals surface area contributed by atoms with Gasteiger partial charge in [-0.3, -0.25) is 0 Å². The van der Waals surface area contributed by atoms with Gasteiger partial charge in [-0.15, -0.1) is 0 Å². The van der Waals surface area contributed by atoms with E-state index >= 15 is 0 Å². The van der Waals surface area contributed by atoms with Gasteiger partial charge in [-0.25, -0.2) is 0 Å². The van der Waals surface area contributed by atoms with E-state index in [4.69, 9.17) is 0 Å². The van der Waals surface area contributed by atoms with Crippen molar-refractivity contribution in [2.24, 2.45) is 0 Å². The summed E-state index contributed by atoms with van der Waals surface area (Å²) in [4.78, 5) is 4.43. The highest BCUT2D eigenvalue weighted by Gasteiger charge is 2.10. The molecule has 2 heterocycles. The van der Waals surface area contributed by atoms with Crippen molar-refractivity contribution in [1.29, 1.82) is 0 Å². The Labute approximate surface area is 95.8 Å².